The van der Waals surface area contributed by atoms with Crippen molar-refractivity contribution in [2.45, 2.75) is 50.9 Å². The summed E-state index contributed by atoms with van der Waals surface area (Å²) in [6.07, 6.45) is -0.743. The summed E-state index contributed by atoms with van der Waals surface area (Å²) in [5, 5.41) is 3.61. The molecule has 7 rings (SSSR count). The summed E-state index contributed by atoms with van der Waals surface area (Å²) in [5.41, 5.74) is 3.17. The average molecular weight is 594 g/mol. The minimum absolute atomic E-state index is 0.0303. The van der Waals surface area contributed by atoms with Crippen molar-refractivity contribution in [3.63, 3.8) is 0 Å². The highest BCUT2D eigenvalue weighted by atomic mass is 35.5. The molecule has 0 spiro atoms. The molecular weight excluding hydrogens is 562 g/mol. The van der Waals surface area contributed by atoms with Crippen molar-refractivity contribution in [2.75, 3.05) is 50.5 Å². The second-order valence-electron chi connectivity index (χ2n) is 11.4. The number of piperidine rings is 1. The number of likely N-dealkylation sites (tertiary alicyclic amines) is 1. The zero-order chi connectivity index (χ0) is 29.1. The van der Waals surface area contributed by atoms with Crippen molar-refractivity contribution >= 4 is 34.1 Å². The van der Waals surface area contributed by atoms with Crippen molar-refractivity contribution in [1.29, 1.82) is 0 Å². The van der Waals surface area contributed by atoms with E-state index in [-0.39, 0.29) is 40.0 Å². The number of fused-ring (bicyclic) bond motifs is 5. The van der Waals surface area contributed by atoms with Crippen LogP contribution in [0.5, 0.6) is 6.01 Å². The number of nitrogens with zero attached hydrogens (tertiary/aromatic N) is 5. The second-order valence-corrected chi connectivity index (χ2v) is 11.8. The Hall–Kier alpha value is -2.96. The molecule has 4 aliphatic rings. The monoisotopic (exact) mass is 593 g/mol. The number of nitrogens with two attached hydrogens (primary N) is 1. The maximum atomic E-state index is 16.5. The number of benzene rings is 1. The molecule has 2 unspecified atom stereocenters. The molecule has 3 atom stereocenters. The van der Waals surface area contributed by atoms with Gasteiger partial charge >= 0.3 is 12.2 Å². The van der Waals surface area contributed by atoms with Gasteiger partial charge in [0.05, 0.1) is 21.8 Å². The summed E-state index contributed by atoms with van der Waals surface area (Å²) in [4.78, 5) is 17.3. The first-order valence-corrected chi connectivity index (χ1v) is 14.2. The van der Waals surface area contributed by atoms with Gasteiger partial charge in [0, 0.05) is 30.6 Å². The molecule has 41 heavy (non-hydrogen) atoms. The molecule has 3 aromatic rings. The number of nitrogen functional groups attached to an aromatic ring is 1. The third-order valence-electron chi connectivity index (χ3n) is 8.51. The topological polar surface area (TPSA) is 92.4 Å². The molecule has 4 saturated heterocycles. The van der Waals surface area contributed by atoms with E-state index in [1.807, 2.05) is 7.05 Å². The number of anilines is 2. The Morgan fingerprint density at radius 3 is 2.63 bits per heavy atom. The van der Waals surface area contributed by atoms with Crippen LogP contribution in [0, 0.1) is 18.7 Å². The van der Waals surface area contributed by atoms with E-state index in [9.17, 15) is 13.2 Å². The molecule has 2 bridgehead atoms. The van der Waals surface area contributed by atoms with Gasteiger partial charge in [0.15, 0.2) is 5.82 Å². The van der Waals surface area contributed by atoms with E-state index in [4.69, 9.17) is 27.1 Å². The molecule has 4 fully saturated rings. The molecule has 3 N–H and O–H groups in total. The summed E-state index contributed by atoms with van der Waals surface area (Å²) < 4.78 is 65.0. The number of nitrogens with one attached hydrogen (secondary N) is 1. The summed E-state index contributed by atoms with van der Waals surface area (Å²) in [5.74, 6) is -0.381. The molecule has 13 heteroatoms. The Morgan fingerprint density at radius 1 is 1.15 bits per heavy atom. The van der Waals surface area contributed by atoms with Crippen LogP contribution in [0.25, 0.3) is 22.2 Å². The summed E-state index contributed by atoms with van der Waals surface area (Å²) in [6.45, 7) is 4.72. The van der Waals surface area contributed by atoms with Crippen LogP contribution in [0.2, 0.25) is 5.02 Å². The van der Waals surface area contributed by atoms with Crippen LogP contribution in [-0.4, -0.2) is 71.8 Å². The molecule has 4 aliphatic heterocycles. The number of likely N-dealkylation sites (N-methyl/N-ethyl adjacent to an activating group) is 1. The predicted molar refractivity (Wildman–Crippen MR) is 150 cm³/mol. The molecule has 220 valence electrons. The average Bonchev–Trinajstić information content (AvgIpc) is 3.08. The highest BCUT2D eigenvalue weighted by molar-refractivity contribution is 6.34. The maximum Gasteiger partial charge on any atom is 0.418 e. The smallest absolute Gasteiger partial charge is 0.418 e. The Labute approximate surface area is 240 Å². The number of hydrogen-bond acceptors (Lipinski definition) is 8. The molecule has 0 amide bonds. The first kappa shape index (κ1) is 28.2. The Kier molecular flexibility index (Phi) is 7.36. The quantitative estimate of drug-likeness (QED) is 0.397. The van der Waals surface area contributed by atoms with Crippen LogP contribution in [0.15, 0.2) is 12.1 Å². The normalized spacial score (nSPS) is 23.4. The van der Waals surface area contributed by atoms with Crippen molar-refractivity contribution in [2.24, 2.45) is 5.92 Å². The van der Waals surface area contributed by atoms with Crippen LogP contribution >= 0.6 is 11.6 Å². The summed E-state index contributed by atoms with van der Waals surface area (Å²) >= 11 is 6.57. The van der Waals surface area contributed by atoms with Crippen molar-refractivity contribution in [1.82, 2.24) is 25.2 Å². The van der Waals surface area contributed by atoms with Crippen molar-refractivity contribution in [3.05, 3.63) is 34.1 Å². The Bertz CT molecular complexity index is 1460. The van der Waals surface area contributed by atoms with Crippen LogP contribution in [0.4, 0.5) is 29.2 Å². The first-order valence-electron chi connectivity index (χ1n) is 13.9. The van der Waals surface area contributed by atoms with Crippen LogP contribution in [0.1, 0.15) is 36.8 Å². The lowest BCUT2D eigenvalue weighted by Crippen LogP contribution is -2.39. The standard InChI is InChI=1S/C28H32ClF4N7O/c1-14-8-20(34)36-25(22(14)28(31,32)33)21-19(29)9-18-24(23(21)30)37-27(41-13-17-4-3-7-39(17)2)38-26(18)40-11-15-5-6-16(12-40)35-10-15/h8-9,15-17,35H,3-7,10-13H2,1-2H3,(H2,34,36)/t15?,16?,17-/m0/s1. The Morgan fingerprint density at radius 2 is 1.95 bits per heavy atom. The van der Waals surface area contributed by atoms with Gasteiger partial charge in [0.1, 0.15) is 23.8 Å². The number of hydrogen-bond donors (Lipinski definition) is 2. The molecule has 0 aliphatic carbocycles. The van der Waals surface area contributed by atoms with E-state index in [1.165, 1.54) is 13.0 Å². The fourth-order valence-corrected chi connectivity index (χ4v) is 6.67. The molecular formula is C28H32ClF4N7O. The number of pyridine rings is 1. The number of aromatic nitrogens is 3. The first-order chi connectivity index (χ1) is 19.5. The fourth-order valence-electron chi connectivity index (χ4n) is 6.39. The maximum absolute atomic E-state index is 16.5. The van der Waals surface area contributed by atoms with E-state index in [1.54, 1.807) is 0 Å². The third kappa shape index (κ3) is 5.37. The second kappa shape index (κ2) is 10.7. The summed E-state index contributed by atoms with van der Waals surface area (Å²) in [7, 11) is 2.01. The van der Waals surface area contributed by atoms with E-state index in [0.29, 0.717) is 36.8 Å². The fraction of sp³-hybridized carbons (Fsp3) is 0.536. The van der Waals surface area contributed by atoms with Crippen LogP contribution < -0.4 is 20.7 Å². The van der Waals surface area contributed by atoms with E-state index >= 15 is 4.39 Å². The van der Waals surface area contributed by atoms with Gasteiger partial charge in [-0.15, -0.1) is 0 Å². The third-order valence-corrected chi connectivity index (χ3v) is 8.81. The van der Waals surface area contributed by atoms with Crippen molar-refractivity contribution < 1.29 is 22.3 Å². The Balaban J connectivity index is 1.53. The van der Waals surface area contributed by atoms with Gasteiger partial charge in [-0.25, -0.2) is 9.37 Å². The molecule has 6 heterocycles. The van der Waals surface area contributed by atoms with E-state index in [0.717, 1.165) is 44.8 Å². The number of halogens is 5. The SMILES string of the molecule is Cc1cc(N)nc(-c2c(Cl)cc3c(N4CC5CCC(C4)NC5)nc(OC[C@@H]4CCCN4C)nc3c2F)c1C(F)(F)F. The highest BCUT2D eigenvalue weighted by Gasteiger charge is 2.39. The van der Waals surface area contributed by atoms with E-state index < -0.39 is 28.8 Å². The zero-order valence-electron chi connectivity index (χ0n) is 22.9. The predicted octanol–water partition coefficient (Wildman–Crippen LogP) is 5.05. The lowest BCUT2D eigenvalue weighted by atomic mass is 9.97. The number of aryl methyl sites for hydroxylation is 1. The van der Waals surface area contributed by atoms with Gasteiger partial charge in [-0.05, 0) is 76.4 Å². The molecule has 1 aromatic carbocycles. The molecule has 0 radical (unpaired) electrons. The van der Waals surface area contributed by atoms with Gasteiger partial charge < -0.3 is 25.6 Å². The van der Waals surface area contributed by atoms with Gasteiger partial charge in [0.25, 0.3) is 0 Å². The lowest BCUT2D eigenvalue weighted by Gasteiger charge is -2.26. The molecule has 2 aromatic heterocycles. The van der Waals surface area contributed by atoms with Gasteiger partial charge in [-0.1, -0.05) is 11.6 Å². The minimum Gasteiger partial charge on any atom is -0.462 e. The van der Waals surface area contributed by atoms with Gasteiger partial charge in [-0.3, -0.25) is 0 Å². The van der Waals surface area contributed by atoms with Crippen molar-refractivity contribution in [3.8, 4) is 17.3 Å². The molecule has 0 saturated carbocycles. The van der Waals surface area contributed by atoms with Crippen LogP contribution in [0.3, 0.4) is 0 Å². The van der Waals surface area contributed by atoms with Crippen LogP contribution in [-0.2, 0) is 6.18 Å². The lowest BCUT2D eigenvalue weighted by molar-refractivity contribution is -0.137. The zero-order valence-corrected chi connectivity index (χ0v) is 23.6. The minimum atomic E-state index is -4.82. The van der Waals surface area contributed by atoms with Gasteiger partial charge in [0.2, 0.25) is 0 Å². The number of rotatable bonds is 5. The molecule has 8 nitrogen and oxygen atoms in total. The summed E-state index contributed by atoms with van der Waals surface area (Å²) in [6, 6.07) is 2.91. The van der Waals surface area contributed by atoms with E-state index in [2.05, 4.69) is 25.1 Å². The largest absolute Gasteiger partial charge is 0.462 e. The highest BCUT2D eigenvalue weighted by Crippen LogP contribution is 2.45. The number of alkyl halides is 3. The number of ether oxygens (including phenoxy) is 1. The van der Waals surface area contributed by atoms with Gasteiger partial charge in [-0.2, -0.15) is 23.1 Å².